The maximum atomic E-state index is 9.50. The third kappa shape index (κ3) is 2.17. The number of H-pyrrole nitrogens is 1. The van der Waals surface area contributed by atoms with Crippen LogP contribution in [0.5, 0.6) is 5.88 Å². The Balaban J connectivity index is 2.18. The van der Waals surface area contributed by atoms with Gasteiger partial charge in [-0.05, 0) is 11.5 Å². The SMILES string of the molecule is CCC(C)C1c2c(n[nH]c2-c2ccccc2)OC(=N)C1C#N. The summed E-state index contributed by atoms with van der Waals surface area (Å²) in [5, 5.41) is 24.7. The van der Waals surface area contributed by atoms with Crippen LogP contribution in [0.1, 0.15) is 31.7 Å². The van der Waals surface area contributed by atoms with Crippen LogP contribution in [-0.2, 0) is 0 Å². The van der Waals surface area contributed by atoms with Crippen LogP contribution < -0.4 is 4.74 Å². The number of nitrogens with one attached hydrogen (secondary N) is 2. The molecule has 0 bridgehead atoms. The van der Waals surface area contributed by atoms with Gasteiger partial charge in [-0.2, -0.15) is 5.26 Å². The summed E-state index contributed by atoms with van der Waals surface area (Å²) >= 11 is 0. The van der Waals surface area contributed by atoms with Gasteiger partial charge in [-0.15, -0.1) is 5.10 Å². The summed E-state index contributed by atoms with van der Waals surface area (Å²) in [6, 6.07) is 12.1. The predicted octanol–water partition coefficient (Wildman–Crippen LogP) is 3.72. The third-order valence-corrected chi connectivity index (χ3v) is 4.41. The molecule has 2 N–H and O–H groups in total. The summed E-state index contributed by atoms with van der Waals surface area (Å²) in [5.41, 5.74) is 2.81. The monoisotopic (exact) mass is 294 g/mol. The van der Waals surface area contributed by atoms with E-state index in [2.05, 4.69) is 30.1 Å². The number of aromatic nitrogens is 2. The van der Waals surface area contributed by atoms with Gasteiger partial charge < -0.3 is 4.74 Å². The number of rotatable bonds is 3. The first-order chi connectivity index (χ1) is 10.7. The number of aromatic amines is 1. The molecular formula is C17H18N4O. The molecule has 0 amide bonds. The Hall–Kier alpha value is -2.61. The molecule has 1 aromatic carbocycles. The van der Waals surface area contributed by atoms with E-state index in [4.69, 9.17) is 10.1 Å². The highest BCUT2D eigenvalue weighted by atomic mass is 16.5. The number of nitrogens with zero attached hydrogens (tertiary/aromatic N) is 2. The molecule has 0 fully saturated rings. The molecule has 2 heterocycles. The van der Waals surface area contributed by atoms with E-state index in [1.54, 1.807) is 0 Å². The van der Waals surface area contributed by atoms with Gasteiger partial charge in [-0.25, -0.2) is 0 Å². The van der Waals surface area contributed by atoms with Gasteiger partial charge in [0.2, 0.25) is 11.8 Å². The van der Waals surface area contributed by atoms with Crippen molar-refractivity contribution in [2.45, 2.75) is 26.2 Å². The summed E-state index contributed by atoms with van der Waals surface area (Å²) in [6.07, 6.45) is 0.926. The molecule has 22 heavy (non-hydrogen) atoms. The Labute approximate surface area is 129 Å². The Morgan fingerprint density at radius 3 is 2.77 bits per heavy atom. The molecular weight excluding hydrogens is 276 g/mol. The highest BCUT2D eigenvalue weighted by Gasteiger charge is 2.41. The lowest BCUT2D eigenvalue weighted by Gasteiger charge is -2.31. The highest BCUT2D eigenvalue weighted by molar-refractivity contribution is 5.85. The maximum Gasteiger partial charge on any atom is 0.243 e. The molecule has 0 spiro atoms. The van der Waals surface area contributed by atoms with Crippen LogP contribution in [-0.4, -0.2) is 16.1 Å². The smallest absolute Gasteiger partial charge is 0.243 e. The van der Waals surface area contributed by atoms with Gasteiger partial charge in [0.05, 0.1) is 11.8 Å². The molecule has 5 heteroatoms. The van der Waals surface area contributed by atoms with Gasteiger partial charge in [0, 0.05) is 11.5 Å². The van der Waals surface area contributed by atoms with E-state index in [-0.39, 0.29) is 17.7 Å². The lowest BCUT2D eigenvalue weighted by molar-refractivity contribution is 0.346. The maximum absolute atomic E-state index is 9.50. The van der Waals surface area contributed by atoms with Crippen LogP contribution in [0.2, 0.25) is 0 Å². The average Bonchev–Trinajstić information content (AvgIpc) is 2.96. The normalized spacial score (nSPS) is 21.6. The summed E-state index contributed by atoms with van der Waals surface area (Å²) in [6.45, 7) is 4.21. The molecule has 3 unspecified atom stereocenters. The van der Waals surface area contributed by atoms with Crippen LogP contribution >= 0.6 is 0 Å². The molecule has 0 saturated heterocycles. The van der Waals surface area contributed by atoms with Gasteiger partial charge in [0.15, 0.2) is 0 Å². The van der Waals surface area contributed by atoms with Crippen LogP contribution in [0.15, 0.2) is 30.3 Å². The minimum atomic E-state index is -0.567. The van der Waals surface area contributed by atoms with Gasteiger partial charge in [0.1, 0.15) is 5.92 Å². The fourth-order valence-electron chi connectivity index (χ4n) is 3.05. The molecule has 2 aromatic rings. The molecule has 5 nitrogen and oxygen atoms in total. The average molecular weight is 294 g/mol. The molecule has 0 saturated carbocycles. The van der Waals surface area contributed by atoms with Crippen molar-refractivity contribution >= 4 is 5.90 Å². The van der Waals surface area contributed by atoms with E-state index in [0.29, 0.717) is 5.88 Å². The Morgan fingerprint density at radius 1 is 1.41 bits per heavy atom. The molecule has 3 rings (SSSR count). The van der Waals surface area contributed by atoms with Gasteiger partial charge in [-0.3, -0.25) is 10.5 Å². The molecule has 1 aliphatic rings. The zero-order valence-corrected chi connectivity index (χ0v) is 12.6. The number of hydrogen-bond acceptors (Lipinski definition) is 4. The first kappa shape index (κ1) is 14.3. The standard InChI is InChI=1S/C17H18N4O/c1-3-10(2)13-12(9-18)16(19)22-17-14(13)15(20-21-17)11-7-5-4-6-8-11/h4-8,10,12-13,19H,3H2,1-2H3,(H,20,21). The van der Waals surface area contributed by atoms with E-state index in [1.165, 1.54) is 0 Å². The Morgan fingerprint density at radius 2 is 2.14 bits per heavy atom. The van der Waals surface area contributed by atoms with Crippen molar-refractivity contribution in [2.75, 3.05) is 0 Å². The van der Waals surface area contributed by atoms with Crippen LogP contribution in [0.25, 0.3) is 11.3 Å². The van der Waals surface area contributed by atoms with Crippen LogP contribution in [0.4, 0.5) is 0 Å². The van der Waals surface area contributed by atoms with E-state index >= 15 is 0 Å². The van der Waals surface area contributed by atoms with Crippen molar-refractivity contribution < 1.29 is 4.74 Å². The summed E-state index contributed by atoms with van der Waals surface area (Å²) in [5.74, 6) is 0.0301. The quantitative estimate of drug-likeness (QED) is 0.904. The first-order valence-corrected chi connectivity index (χ1v) is 7.47. The van der Waals surface area contributed by atoms with Crippen LogP contribution in [0, 0.1) is 28.6 Å². The second-order valence-electron chi connectivity index (χ2n) is 5.67. The van der Waals surface area contributed by atoms with Crippen molar-refractivity contribution in [3.63, 3.8) is 0 Å². The molecule has 1 aliphatic heterocycles. The molecule has 0 radical (unpaired) electrons. The minimum Gasteiger partial charge on any atom is -0.422 e. The summed E-state index contributed by atoms with van der Waals surface area (Å²) < 4.78 is 5.48. The van der Waals surface area contributed by atoms with E-state index in [1.807, 2.05) is 30.3 Å². The van der Waals surface area contributed by atoms with Gasteiger partial charge in [0.25, 0.3) is 0 Å². The molecule has 0 aliphatic carbocycles. The van der Waals surface area contributed by atoms with E-state index in [0.717, 1.165) is 23.2 Å². The molecule has 1 aromatic heterocycles. The van der Waals surface area contributed by atoms with Crippen molar-refractivity contribution in [2.24, 2.45) is 11.8 Å². The third-order valence-electron chi connectivity index (χ3n) is 4.41. The zero-order valence-electron chi connectivity index (χ0n) is 12.6. The fraction of sp³-hybridized carbons (Fsp3) is 0.353. The number of ether oxygens (including phenoxy) is 1. The Kier molecular flexibility index (Phi) is 3.68. The number of nitriles is 1. The Bertz CT molecular complexity index is 729. The summed E-state index contributed by atoms with van der Waals surface area (Å²) in [4.78, 5) is 0. The van der Waals surface area contributed by atoms with E-state index in [9.17, 15) is 5.26 Å². The lowest BCUT2D eigenvalue weighted by Crippen LogP contribution is -2.33. The predicted molar refractivity (Wildman–Crippen MR) is 83.7 cm³/mol. The summed E-state index contributed by atoms with van der Waals surface area (Å²) in [7, 11) is 0. The molecule has 3 atom stereocenters. The van der Waals surface area contributed by atoms with Gasteiger partial charge >= 0.3 is 0 Å². The number of fused-ring (bicyclic) bond motifs is 1. The van der Waals surface area contributed by atoms with Gasteiger partial charge in [-0.1, -0.05) is 50.6 Å². The van der Waals surface area contributed by atoms with Crippen molar-refractivity contribution in [3.05, 3.63) is 35.9 Å². The van der Waals surface area contributed by atoms with Crippen molar-refractivity contribution in [1.29, 1.82) is 10.7 Å². The topological polar surface area (TPSA) is 85.5 Å². The fourth-order valence-corrected chi connectivity index (χ4v) is 3.05. The largest absolute Gasteiger partial charge is 0.422 e. The van der Waals surface area contributed by atoms with Crippen molar-refractivity contribution in [3.8, 4) is 23.2 Å². The zero-order chi connectivity index (χ0) is 15.7. The first-order valence-electron chi connectivity index (χ1n) is 7.47. The second-order valence-corrected chi connectivity index (χ2v) is 5.67. The second kappa shape index (κ2) is 5.64. The lowest BCUT2D eigenvalue weighted by atomic mass is 9.75. The minimum absolute atomic E-state index is 0.00795. The van der Waals surface area contributed by atoms with Crippen molar-refractivity contribution in [1.82, 2.24) is 10.2 Å². The highest BCUT2D eigenvalue weighted by Crippen LogP contribution is 2.46. The van der Waals surface area contributed by atoms with E-state index < -0.39 is 5.92 Å². The molecule has 112 valence electrons. The number of hydrogen-bond donors (Lipinski definition) is 2. The number of benzene rings is 1. The van der Waals surface area contributed by atoms with Crippen LogP contribution in [0.3, 0.4) is 0 Å².